The number of benzene rings is 1. The normalized spacial score (nSPS) is 21.2. The minimum atomic E-state index is -0.192. The topological polar surface area (TPSA) is 43.4 Å². The van der Waals surface area contributed by atoms with Gasteiger partial charge in [0.05, 0.1) is 10.7 Å². The van der Waals surface area contributed by atoms with Gasteiger partial charge in [-0.15, -0.1) is 0 Å². The molecule has 23 heavy (non-hydrogen) atoms. The highest BCUT2D eigenvalue weighted by atomic mass is 35.5. The van der Waals surface area contributed by atoms with Crippen molar-refractivity contribution in [3.05, 3.63) is 52.8 Å². The molecule has 0 spiro atoms. The average Bonchev–Trinajstić information content (AvgIpc) is 2.62. The third-order valence-corrected chi connectivity index (χ3v) is 4.74. The number of aromatic nitrogens is 1. The Kier molecular flexibility index (Phi) is 4.10. The highest BCUT2D eigenvalue weighted by molar-refractivity contribution is 6.30. The molecule has 1 saturated heterocycles. The van der Waals surface area contributed by atoms with Crippen molar-refractivity contribution in [3.8, 4) is 11.5 Å². The second-order valence-corrected chi connectivity index (χ2v) is 6.45. The number of para-hydroxylation sites is 1. The molecule has 4 nitrogen and oxygen atoms in total. The van der Waals surface area contributed by atoms with Gasteiger partial charge in [0.1, 0.15) is 6.61 Å². The van der Waals surface area contributed by atoms with Crippen molar-refractivity contribution in [2.24, 2.45) is 0 Å². The van der Waals surface area contributed by atoms with Crippen molar-refractivity contribution in [2.45, 2.75) is 24.9 Å². The van der Waals surface area contributed by atoms with Crippen molar-refractivity contribution >= 4 is 11.6 Å². The van der Waals surface area contributed by atoms with Gasteiger partial charge in [0.25, 0.3) is 0 Å². The van der Waals surface area contributed by atoms with Crippen molar-refractivity contribution in [1.82, 2.24) is 10.3 Å². The molecule has 1 fully saturated rings. The number of fused-ring (bicyclic) bond motifs is 1. The lowest BCUT2D eigenvalue weighted by Gasteiger charge is -2.31. The first-order chi connectivity index (χ1) is 11.3. The van der Waals surface area contributed by atoms with Crippen LogP contribution < -0.4 is 14.8 Å². The van der Waals surface area contributed by atoms with Crippen LogP contribution in [0.3, 0.4) is 0 Å². The maximum atomic E-state index is 6.14. The van der Waals surface area contributed by atoms with E-state index < -0.39 is 0 Å². The Hall–Kier alpha value is -1.78. The molecule has 1 aromatic carbocycles. The Morgan fingerprint density at radius 2 is 2.00 bits per heavy atom. The van der Waals surface area contributed by atoms with Gasteiger partial charge in [0, 0.05) is 11.8 Å². The predicted octanol–water partition coefficient (Wildman–Crippen LogP) is 3.71. The van der Waals surface area contributed by atoms with Crippen molar-refractivity contribution in [2.75, 3.05) is 19.7 Å². The SMILES string of the molecule is Clc1ccc([C@H]2COc3c(cccc3C3CCNCC3)O2)nc1. The van der Waals surface area contributed by atoms with Gasteiger partial charge < -0.3 is 14.8 Å². The lowest BCUT2D eigenvalue weighted by atomic mass is 9.89. The van der Waals surface area contributed by atoms with Gasteiger partial charge in [-0.25, -0.2) is 0 Å². The number of hydrogen-bond acceptors (Lipinski definition) is 4. The van der Waals surface area contributed by atoms with Crippen LogP contribution in [0.5, 0.6) is 11.5 Å². The van der Waals surface area contributed by atoms with Crippen LogP contribution in [0, 0.1) is 0 Å². The zero-order valence-corrected chi connectivity index (χ0v) is 13.6. The zero-order chi connectivity index (χ0) is 15.6. The Bertz CT molecular complexity index is 684. The largest absolute Gasteiger partial charge is 0.485 e. The highest BCUT2D eigenvalue weighted by Gasteiger charge is 2.28. The van der Waals surface area contributed by atoms with Crippen LogP contribution in [0.1, 0.15) is 36.1 Å². The summed E-state index contributed by atoms with van der Waals surface area (Å²) < 4.78 is 12.2. The third kappa shape index (κ3) is 3.01. The molecule has 5 heteroatoms. The molecule has 0 aliphatic carbocycles. The molecule has 0 amide bonds. The van der Waals surface area contributed by atoms with E-state index in [-0.39, 0.29) is 6.10 Å². The Labute approximate surface area is 140 Å². The fourth-order valence-corrected chi connectivity index (χ4v) is 3.42. The van der Waals surface area contributed by atoms with Crippen LogP contribution in [0.4, 0.5) is 0 Å². The lowest BCUT2D eigenvalue weighted by Crippen LogP contribution is -2.28. The zero-order valence-electron chi connectivity index (χ0n) is 12.8. The van der Waals surface area contributed by atoms with Gasteiger partial charge in [-0.2, -0.15) is 0 Å². The van der Waals surface area contributed by atoms with Crippen LogP contribution in [0.15, 0.2) is 36.5 Å². The van der Waals surface area contributed by atoms with E-state index in [4.69, 9.17) is 21.1 Å². The van der Waals surface area contributed by atoms with Crippen LogP contribution >= 0.6 is 11.6 Å². The molecule has 1 N–H and O–H groups in total. The number of hydrogen-bond donors (Lipinski definition) is 1. The maximum absolute atomic E-state index is 6.14. The number of rotatable bonds is 2. The van der Waals surface area contributed by atoms with Gasteiger partial charge in [-0.3, -0.25) is 4.98 Å². The maximum Gasteiger partial charge on any atom is 0.174 e. The first-order valence-corrected chi connectivity index (χ1v) is 8.43. The quantitative estimate of drug-likeness (QED) is 0.911. The van der Waals surface area contributed by atoms with Gasteiger partial charge in [0.15, 0.2) is 17.6 Å². The summed E-state index contributed by atoms with van der Waals surface area (Å²) in [5.74, 6) is 2.26. The van der Waals surface area contributed by atoms with Crippen LogP contribution in [0.25, 0.3) is 0 Å². The van der Waals surface area contributed by atoms with E-state index in [1.807, 2.05) is 18.2 Å². The molecule has 3 heterocycles. The standard InChI is InChI=1S/C18H19ClN2O2/c19-13-4-5-15(21-10-13)17-11-22-18-14(2-1-3-16(18)23-17)12-6-8-20-9-7-12/h1-5,10,12,17,20H,6-9,11H2/t17-/m1/s1. The van der Waals surface area contributed by atoms with Gasteiger partial charge in [-0.05, 0) is 50.0 Å². The minimum Gasteiger partial charge on any atom is -0.485 e. The van der Waals surface area contributed by atoms with E-state index in [0.29, 0.717) is 17.5 Å². The van der Waals surface area contributed by atoms with Crippen molar-refractivity contribution < 1.29 is 9.47 Å². The average molecular weight is 331 g/mol. The lowest BCUT2D eigenvalue weighted by molar-refractivity contribution is 0.0866. The summed E-state index contributed by atoms with van der Waals surface area (Å²) in [5, 5.41) is 4.03. The fraction of sp³-hybridized carbons (Fsp3) is 0.389. The van der Waals surface area contributed by atoms with E-state index in [1.54, 1.807) is 6.20 Å². The summed E-state index contributed by atoms with van der Waals surface area (Å²) >= 11 is 5.90. The molecule has 1 aromatic heterocycles. The van der Waals surface area contributed by atoms with Gasteiger partial charge in [-0.1, -0.05) is 23.7 Å². The molecule has 2 aromatic rings. The molecule has 0 bridgehead atoms. The summed E-state index contributed by atoms with van der Waals surface area (Å²) in [6, 6.07) is 9.91. The summed E-state index contributed by atoms with van der Waals surface area (Å²) in [6.45, 7) is 2.60. The summed E-state index contributed by atoms with van der Waals surface area (Å²) in [6.07, 6.45) is 3.73. The molecular weight excluding hydrogens is 312 g/mol. The minimum absolute atomic E-state index is 0.192. The molecule has 0 radical (unpaired) electrons. The number of nitrogens with zero attached hydrogens (tertiary/aromatic N) is 1. The van der Waals surface area contributed by atoms with E-state index in [0.717, 1.165) is 43.1 Å². The van der Waals surface area contributed by atoms with Gasteiger partial charge >= 0.3 is 0 Å². The van der Waals surface area contributed by atoms with Gasteiger partial charge in [0.2, 0.25) is 0 Å². The molecule has 2 aliphatic heterocycles. The molecule has 0 unspecified atom stereocenters. The van der Waals surface area contributed by atoms with Crippen LogP contribution in [-0.4, -0.2) is 24.7 Å². The fourth-order valence-electron chi connectivity index (χ4n) is 3.30. The number of pyridine rings is 1. The molecule has 120 valence electrons. The van der Waals surface area contributed by atoms with Crippen LogP contribution in [-0.2, 0) is 0 Å². The summed E-state index contributed by atoms with van der Waals surface area (Å²) in [7, 11) is 0. The Morgan fingerprint density at radius 3 is 2.78 bits per heavy atom. The van der Waals surface area contributed by atoms with Crippen molar-refractivity contribution in [1.29, 1.82) is 0 Å². The Morgan fingerprint density at radius 1 is 1.13 bits per heavy atom. The predicted molar refractivity (Wildman–Crippen MR) is 89.4 cm³/mol. The number of halogens is 1. The van der Waals surface area contributed by atoms with E-state index in [1.165, 1.54) is 5.56 Å². The number of nitrogens with one attached hydrogen (secondary N) is 1. The number of piperidine rings is 1. The first kappa shape index (κ1) is 14.8. The second-order valence-electron chi connectivity index (χ2n) is 6.02. The summed E-state index contributed by atoms with van der Waals surface area (Å²) in [4.78, 5) is 4.34. The highest BCUT2D eigenvalue weighted by Crippen LogP contribution is 2.43. The molecular formula is C18H19ClN2O2. The monoisotopic (exact) mass is 330 g/mol. The molecule has 4 rings (SSSR count). The molecule has 2 aliphatic rings. The third-order valence-electron chi connectivity index (χ3n) is 4.52. The van der Waals surface area contributed by atoms with Crippen LogP contribution in [0.2, 0.25) is 5.02 Å². The summed E-state index contributed by atoms with van der Waals surface area (Å²) in [5.41, 5.74) is 2.11. The van der Waals surface area contributed by atoms with E-state index >= 15 is 0 Å². The van der Waals surface area contributed by atoms with E-state index in [2.05, 4.69) is 22.4 Å². The smallest absolute Gasteiger partial charge is 0.174 e. The number of ether oxygens (including phenoxy) is 2. The molecule has 0 saturated carbocycles. The van der Waals surface area contributed by atoms with Crippen molar-refractivity contribution in [3.63, 3.8) is 0 Å². The Balaban J connectivity index is 1.59. The van der Waals surface area contributed by atoms with E-state index in [9.17, 15) is 0 Å². The molecule has 1 atom stereocenters. The second kappa shape index (κ2) is 6.38. The first-order valence-electron chi connectivity index (χ1n) is 8.06.